The van der Waals surface area contributed by atoms with Crippen LogP contribution in [-0.2, 0) is 9.53 Å². The number of thioether (sulfide) groups is 2. The third kappa shape index (κ3) is 3.24. The molecule has 1 aliphatic heterocycles. The molecule has 0 amide bonds. The summed E-state index contributed by atoms with van der Waals surface area (Å²) < 4.78 is 5.50. The van der Waals surface area contributed by atoms with Crippen LogP contribution in [0, 0.1) is 0 Å². The molecular weight excluding hydrogens is 216 g/mol. The summed E-state index contributed by atoms with van der Waals surface area (Å²) in [6.07, 6.45) is 0. The van der Waals surface area contributed by atoms with Crippen LogP contribution >= 0.6 is 23.5 Å². The molecule has 0 aromatic rings. The zero-order valence-electron chi connectivity index (χ0n) is 8.78. The fourth-order valence-electron chi connectivity index (χ4n) is 1.08. The van der Waals surface area contributed by atoms with Gasteiger partial charge in [0.2, 0.25) is 0 Å². The minimum atomic E-state index is -0.279. The van der Waals surface area contributed by atoms with Gasteiger partial charge in [-0.05, 0) is 6.92 Å². The molecule has 0 aliphatic carbocycles. The molecule has 0 aromatic carbocycles. The molecule has 1 heterocycles. The van der Waals surface area contributed by atoms with Gasteiger partial charge in [-0.15, -0.1) is 23.5 Å². The lowest BCUT2D eigenvalue weighted by molar-refractivity contribution is -0.138. The highest BCUT2D eigenvalue weighted by atomic mass is 32.2. The molecule has 0 spiro atoms. The van der Waals surface area contributed by atoms with Gasteiger partial charge < -0.3 is 4.74 Å². The van der Waals surface area contributed by atoms with E-state index in [4.69, 9.17) is 4.74 Å². The highest BCUT2D eigenvalue weighted by Gasteiger charge is 2.30. The molecular formula is C10H16O2S2. The van der Waals surface area contributed by atoms with Gasteiger partial charge in [0.15, 0.2) is 0 Å². The Labute approximate surface area is 93.8 Å². The van der Waals surface area contributed by atoms with Gasteiger partial charge in [0.05, 0.1) is 4.58 Å². The molecule has 2 unspecified atom stereocenters. The zero-order valence-corrected chi connectivity index (χ0v) is 10.4. The second kappa shape index (κ2) is 5.12. The first kappa shape index (κ1) is 12.0. The summed E-state index contributed by atoms with van der Waals surface area (Å²) in [5.74, 6) is -0.279. The van der Waals surface area contributed by atoms with Crippen molar-refractivity contribution >= 4 is 29.5 Å². The summed E-state index contributed by atoms with van der Waals surface area (Å²) in [5.41, 5.74) is 0.471. The van der Waals surface area contributed by atoms with Crippen LogP contribution in [0.25, 0.3) is 0 Å². The van der Waals surface area contributed by atoms with Crippen LogP contribution in [-0.4, -0.2) is 27.7 Å². The molecule has 0 aromatic heterocycles. The summed E-state index contributed by atoms with van der Waals surface area (Å²) in [6.45, 7) is 10.1. The molecule has 2 nitrogen and oxygen atoms in total. The van der Waals surface area contributed by atoms with Crippen molar-refractivity contribution < 1.29 is 9.53 Å². The van der Waals surface area contributed by atoms with Gasteiger partial charge in [0.1, 0.15) is 6.61 Å². The maximum absolute atomic E-state index is 11.1. The van der Waals surface area contributed by atoms with Crippen molar-refractivity contribution in [1.82, 2.24) is 0 Å². The number of esters is 1. The lowest BCUT2D eigenvalue weighted by Crippen LogP contribution is -2.12. The normalized spacial score (nSPS) is 31.5. The van der Waals surface area contributed by atoms with Gasteiger partial charge in [-0.1, -0.05) is 20.4 Å². The van der Waals surface area contributed by atoms with Crippen LogP contribution in [0.2, 0.25) is 0 Å². The van der Waals surface area contributed by atoms with E-state index in [0.29, 0.717) is 27.3 Å². The van der Waals surface area contributed by atoms with E-state index < -0.39 is 0 Å². The molecule has 0 bridgehead atoms. The highest BCUT2D eigenvalue weighted by Crippen LogP contribution is 2.43. The Bertz CT molecular complexity index is 230. The van der Waals surface area contributed by atoms with E-state index in [1.54, 1.807) is 6.92 Å². The predicted octanol–water partition coefficient (Wildman–Crippen LogP) is 2.69. The van der Waals surface area contributed by atoms with Crippen molar-refractivity contribution in [2.45, 2.75) is 35.9 Å². The Kier molecular flexibility index (Phi) is 4.38. The Morgan fingerprint density at radius 1 is 1.36 bits per heavy atom. The second-order valence-corrected chi connectivity index (χ2v) is 6.96. The molecule has 2 atom stereocenters. The Morgan fingerprint density at radius 3 is 2.29 bits per heavy atom. The quantitative estimate of drug-likeness (QED) is 0.552. The first-order valence-electron chi connectivity index (χ1n) is 4.64. The predicted molar refractivity (Wildman–Crippen MR) is 63.7 cm³/mol. The van der Waals surface area contributed by atoms with Crippen molar-refractivity contribution in [3.05, 3.63) is 12.2 Å². The van der Waals surface area contributed by atoms with Gasteiger partial charge >= 0.3 is 5.97 Å². The number of ether oxygens (including phenoxy) is 1. The summed E-state index contributed by atoms with van der Waals surface area (Å²) >= 11 is 3.77. The minimum absolute atomic E-state index is 0.279. The Balaban J connectivity index is 2.27. The molecule has 80 valence electrons. The van der Waals surface area contributed by atoms with Crippen LogP contribution in [0.1, 0.15) is 20.8 Å². The topological polar surface area (TPSA) is 26.3 Å². The van der Waals surface area contributed by atoms with Crippen molar-refractivity contribution in [1.29, 1.82) is 0 Å². The molecule has 0 N–H and O–H groups in total. The summed E-state index contributed by atoms with van der Waals surface area (Å²) in [6, 6.07) is 0. The lowest BCUT2D eigenvalue weighted by atomic mass is 10.4. The van der Waals surface area contributed by atoms with Gasteiger partial charge in [-0.2, -0.15) is 0 Å². The average molecular weight is 232 g/mol. The summed E-state index contributed by atoms with van der Waals surface area (Å²) in [4.78, 5) is 11.1. The zero-order chi connectivity index (χ0) is 10.7. The largest absolute Gasteiger partial charge is 0.460 e. The third-order valence-corrected chi connectivity index (χ3v) is 5.49. The molecule has 1 saturated heterocycles. The van der Waals surface area contributed by atoms with Crippen LogP contribution in [0.5, 0.6) is 0 Å². The van der Waals surface area contributed by atoms with Crippen molar-refractivity contribution in [2.24, 2.45) is 0 Å². The number of hydrogen-bond donors (Lipinski definition) is 0. The van der Waals surface area contributed by atoms with E-state index in [9.17, 15) is 4.79 Å². The van der Waals surface area contributed by atoms with Crippen LogP contribution in [0.4, 0.5) is 0 Å². The van der Waals surface area contributed by atoms with Gasteiger partial charge in [0.25, 0.3) is 0 Å². The van der Waals surface area contributed by atoms with E-state index in [0.717, 1.165) is 0 Å². The number of carbonyl (C=O) groups is 1. The molecule has 14 heavy (non-hydrogen) atoms. The van der Waals surface area contributed by atoms with Gasteiger partial charge in [-0.3, -0.25) is 0 Å². The van der Waals surface area contributed by atoms with Crippen molar-refractivity contribution in [3.8, 4) is 0 Å². The molecule has 0 saturated carbocycles. The van der Waals surface area contributed by atoms with E-state index in [2.05, 4.69) is 20.4 Å². The molecule has 4 heteroatoms. The third-order valence-electron chi connectivity index (χ3n) is 2.09. The molecule has 1 aliphatic rings. The van der Waals surface area contributed by atoms with Crippen LogP contribution in [0.3, 0.4) is 0 Å². The maximum atomic E-state index is 11.1. The Hall–Kier alpha value is -0.0900. The molecule has 0 radical (unpaired) electrons. The van der Waals surface area contributed by atoms with E-state index in [1.165, 1.54) is 0 Å². The molecule has 1 rings (SSSR count). The van der Waals surface area contributed by atoms with Gasteiger partial charge in [0, 0.05) is 16.1 Å². The molecule has 1 fully saturated rings. The minimum Gasteiger partial charge on any atom is -0.460 e. The Morgan fingerprint density at radius 2 is 1.86 bits per heavy atom. The van der Waals surface area contributed by atoms with Crippen molar-refractivity contribution in [2.75, 3.05) is 6.61 Å². The smallest absolute Gasteiger partial charge is 0.333 e. The summed E-state index contributed by atoms with van der Waals surface area (Å²) in [7, 11) is 0. The average Bonchev–Trinajstić information content (AvgIpc) is 2.42. The standard InChI is InChI=1S/C10H16O2S2/c1-6(2)10(11)12-5-9-13-7(3)8(4)14-9/h7-9H,1,5H2,2-4H3. The van der Waals surface area contributed by atoms with Crippen LogP contribution < -0.4 is 0 Å². The van der Waals surface area contributed by atoms with Crippen molar-refractivity contribution in [3.63, 3.8) is 0 Å². The fraction of sp³-hybridized carbons (Fsp3) is 0.700. The highest BCUT2D eigenvalue weighted by molar-refractivity contribution is 8.20. The monoisotopic (exact) mass is 232 g/mol. The lowest BCUT2D eigenvalue weighted by Gasteiger charge is -2.09. The fourth-order valence-corrected chi connectivity index (χ4v) is 4.46. The first-order chi connectivity index (χ1) is 6.50. The number of hydrogen-bond acceptors (Lipinski definition) is 4. The second-order valence-electron chi connectivity index (χ2n) is 3.49. The van der Waals surface area contributed by atoms with E-state index >= 15 is 0 Å². The van der Waals surface area contributed by atoms with E-state index in [1.807, 2.05) is 23.5 Å². The maximum Gasteiger partial charge on any atom is 0.333 e. The first-order valence-corrected chi connectivity index (χ1v) is 6.53. The SMILES string of the molecule is C=C(C)C(=O)OCC1SC(C)C(C)S1. The summed E-state index contributed by atoms with van der Waals surface area (Å²) in [5, 5.41) is 1.29. The van der Waals surface area contributed by atoms with Crippen LogP contribution in [0.15, 0.2) is 12.2 Å². The number of carbonyl (C=O) groups excluding carboxylic acids is 1. The number of rotatable bonds is 3. The van der Waals surface area contributed by atoms with E-state index in [-0.39, 0.29) is 5.97 Å². The van der Waals surface area contributed by atoms with Gasteiger partial charge in [-0.25, -0.2) is 4.79 Å².